The maximum absolute atomic E-state index is 13.6. The van der Waals surface area contributed by atoms with Gasteiger partial charge in [-0.3, -0.25) is 15.4 Å². The third kappa shape index (κ3) is 4.88. The van der Waals surface area contributed by atoms with Gasteiger partial charge >= 0.3 is 24.6 Å². The highest BCUT2D eigenvalue weighted by Gasteiger charge is 2.77. The highest BCUT2D eigenvalue weighted by molar-refractivity contribution is 8.17. The average molecular weight is 519 g/mol. The number of amides is 3. The number of halogens is 12. The molecule has 2 N–H and O–H groups in total. The van der Waals surface area contributed by atoms with Gasteiger partial charge in [0, 0.05) is 0 Å². The molecule has 0 unspecified atom stereocenters. The zero-order valence-electron chi connectivity index (χ0n) is 14.9. The monoisotopic (exact) mass is 519 g/mol. The molecule has 0 atom stereocenters. The number of aliphatic imine (C=N–C) groups is 1. The largest absolute Gasteiger partial charge is 0.443 e. The van der Waals surface area contributed by atoms with Crippen molar-refractivity contribution in [2.45, 2.75) is 24.1 Å². The fraction of sp³-hybridized carbons (Fsp3) is 0.267. The molecule has 1 aliphatic rings. The van der Waals surface area contributed by atoms with Gasteiger partial charge in [0.25, 0.3) is 11.4 Å². The number of amidine groups is 1. The number of hydrogen-bond donors (Lipinski definition) is 2. The predicted octanol–water partition coefficient (Wildman–Crippen LogP) is 5.11. The molecule has 33 heavy (non-hydrogen) atoms. The smallest absolute Gasteiger partial charge is 0.286 e. The summed E-state index contributed by atoms with van der Waals surface area (Å²) >= 11 is -1.17. The normalized spacial score (nSPS) is 18.0. The molecule has 5 nitrogen and oxygen atoms in total. The second-order valence-electron chi connectivity index (χ2n) is 5.87. The lowest BCUT2D eigenvalue weighted by molar-refractivity contribution is -0.280. The molecule has 3 amide bonds. The lowest BCUT2D eigenvalue weighted by Gasteiger charge is -2.31. The molecule has 18 heteroatoms. The quantitative estimate of drug-likeness (QED) is 0.507. The Labute approximate surface area is 177 Å². The number of nitrogens with zero attached hydrogens (tertiary/aromatic N) is 1. The molecule has 1 aliphatic heterocycles. The maximum Gasteiger partial charge on any atom is 0.443 e. The number of urea groups is 1. The van der Waals surface area contributed by atoms with Crippen LogP contribution in [-0.2, 0) is 0 Å². The Balaban J connectivity index is 2.45. The molecule has 0 radical (unpaired) electrons. The summed E-state index contributed by atoms with van der Waals surface area (Å²) in [6, 6.07) is -0.112. The molecule has 1 heterocycles. The minimum atomic E-state index is -6.66. The van der Waals surface area contributed by atoms with Gasteiger partial charge in [-0.25, -0.2) is 23.0 Å². The number of benzene rings is 1. The summed E-state index contributed by atoms with van der Waals surface area (Å²) in [6.07, 6.45) is -19.6. The van der Waals surface area contributed by atoms with Gasteiger partial charge in [-0.15, -0.1) is 0 Å². The Bertz CT molecular complexity index is 1010. The number of nitrogens with one attached hydrogen (secondary N) is 2. The SMILES string of the molecule is O=C(NC(=O)c1c(F)cccc1F)NC1=NC(C(F)(F)F)(C(F)(F)F)C(=C(F)C(F)(F)F)S1. The van der Waals surface area contributed by atoms with Crippen molar-refractivity contribution in [2.75, 3.05) is 0 Å². The van der Waals surface area contributed by atoms with E-state index in [1.54, 1.807) is 0 Å². The summed E-state index contributed by atoms with van der Waals surface area (Å²) in [6.45, 7) is 0. The van der Waals surface area contributed by atoms with Crippen molar-refractivity contribution in [1.29, 1.82) is 0 Å². The standard InChI is InChI=1S/C15H5F12N3O2S/c16-4-2-1-3-5(17)6(4)9(31)28-10(32)29-11-30-12(14(22,23)24,15(25,26)27)8(33-11)7(18)13(19,20)21/h1-3H,(H2,28,29,30,31,32). The van der Waals surface area contributed by atoms with Crippen LogP contribution in [0.1, 0.15) is 10.4 Å². The van der Waals surface area contributed by atoms with Gasteiger partial charge in [-0.05, 0) is 12.1 Å². The summed E-state index contributed by atoms with van der Waals surface area (Å²) < 4.78 is 158. The van der Waals surface area contributed by atoms with Gasteiger partial charge in [-0.2, -0.15) is 39.5 Å². The van der Waals surface area contributed by atoms with E-state index in [-0.39, 0.29) is 0 Å². The molecule has 0 saturated heterocycles. The highest BCUT2D eigenvalue weighted by Crippen LogP contribution is 2.59. The van der Waals surface area contributed by atoms with Crippen molar-refractivity contribution < 1.29 is 62.3 Å². The average Bonchev–Trinajstić information content (AvgIpc) is 3.00. The van der Waals surface area contributed by atoms with E-state index in [0.717, 1.165) is 16.7 Å². The first-order valence-corrected chi connectivity index (χ1v) is 8.59. The highest BCUT2D eigenvalue weighted by atomic mass is 32.2. The maximum atomic E-state index is 13.6. The molecule has 182 valence electrons. The summed E-state index contributed by atoms with van der Waals surface area (Å²) in [5.41, 5.74) is -7.12. The number of carbonyl (C=O) groups is 2. The Hall–Kier alpha value is -2.92. The van der Waals surface area contributed by atoms with Gasteiger partial charge in [0.15, 0.2) is 5.17 Å². The number of imide groups is 1. The lowest BCUT2D eigenvalue weighted by atomic mass is 9.97. The van der Waals surface area contributed by atoms with Gasteiger partial charge < -0.3 is 0 Å². The summed E-state index contributed by atoms with van der Waals surface area (Å²) in [7, 11) is 0. The fourth-order valence-electron chi connectivity index (χ4n) is 2.34. The first-order chi connectivity index (χ1) is 14.8. The van der Waals surface area contributed by atoms with E-state index in [2.05, 4.69) is 0 Å². The third-order valence-electron chi connectivity index (χ3n) is 3.70. The van der Waals surface area contributed by atoms with Crippen LogP contribution in [0.3, 0.4) is 0 Å². The Morgan fingerprint density at radius 1 is 0.909 bits per heavy atom. The topological polar surface area (TPSA) is 70.6 Å². The minimum absolute atomic E-state index is 0.560. The zero-order chi connectivity index (χ0) is 25.6. The molecule has 0 aliphatic carbocycles. The number of alkyl halides is 9. The van der Waals surface area contributed by atoms with Crippen molar-refractivity contribution >= 4 is 28.9 Å². The first-order valence-electron chi connectivity index (χ1n) is 7.78. The summed E-state index contributed by atoms with van der Waals surface area (Å²) in [4.78, 5) is 22.5. The van der Waals surface area contributed by atoms with Crippen molar-refractivity contribution in [1.82, 2.24) is 10.6 Å². The van der Waals surface area contributed by atoms with Crippen molar-refractivity contribution in [3.05, 3.63) is 46.1 Å². The molecule has 0 saturated carbocycles. The summed E-state index contributed by atoms with van der Waals surface area (Å²) in [5, 5.41) is 0.360. The van der Waals surface area contributed by atoms with Crippen LogP contribution in [0.25, 0.3) is 0 Å². The van der Waals surface area contributed by atoms with E-state index in [4.69, 9.17) is 0 Å². The van der Waals surface area contributed by atoms with E-state index in [1.807, 2.05) is 4.99 Å². The molecule has 1 aromatic carbocycles. The lowest BCUT2D eigenvalue weighted by Crippen LogP contribution is -2.55. The van der Waals surface area contributed by atoms with Crippen molar-refractivity contribution in [3.63, 3.8) is 0 Å². The van der Waals surface area contributed by atoms with Gasteiger partial charge in [-0.1, -0.05) is 17.8 Å². The third-order valence-corrected chi connectivity index (χ3v) is 4.77. The van der Waals surface area contributed by atoms with Gasteiger partial charge in [0.05, 0.1) is 4.91 Å². The van der Waals surface area contributed by atoms with E-state index >= 15 is 0 Å². The predicted molar refractivity (Wildman–Crippen MR) is 86.4 cm³/mol. The second kappa shape index (κ2) is 8.45. The van der Waals surface area contributed by atoms with Crippen LogP contribution < -0.4 is 10.6 Å². The Morgan fingerprint density at radius 2 is 1.39 bits per heavy atom. The molecular weight excluding hydrogens is 514 g/mol. The van der Waals surface area contributed by atoms with Gasteiger partial charge in [0.1, 0.15) is 17.2 Å². The van der Waals surface area contributed by atoms with Crippen LogP contribution in [0.5, 0.6) is 0 Å². The fourth-order valence-corrected chi connectivity index (χ4v) is 3.49. The molecule has 1 aromatic rings. The van der Waals surface area contributed by atoms with E-state index in [0.29, 0.717) is 12.1 Å². The van der Waals surface area contributed by atoms with Crippen molar-refractivity contribution in [3.8, 4) is 0 Å². The van der Waals surface area contributed by atoms with Crippen LogP contribution in [0.4, 0.5) is 57.5 Å². The van der Waals surface area contributed by atoms with Crippen molar-refractivity contribution in [2.24, 2.45) is 4.99 Å². The molecule has 0 fully saturated rings. The van der Waals surface area contributed by atoms with Crippen LogP contribution in [0.15, 0.2) is 33.9 Å². The molecule has 0 bridgehead atoms. The number of allylic oxidation sites excluding steroid dienone is 1. The van der Waals surface area contributed by atoms with Crippen LogP contribution in [0, 0.1) is 11.6 Å². The van der Waals surface area contributed by atoms with E-state index in [1.165, 1.54) is 0 Å². The summed E-state index contributed by atoms with van der Waals surface area (Å²) in [5.74, 6) is -8.67. The molecular formula is C15H5F12N3O2S. The number of hydrogen-bond acceptors (Lipinski definition) is 4. The molecule has 2 rings (SSSR count). The van der Waals surface area contributed by atoms with Crippen LogP contribution in [-0.4, -0.2) is 41.2 Å². The zero-order valence-corrected chi connectivity index (χ0v) is 15.8. The number of rotatable bonds is 1. The molecule has 0 aromatic heterocycles. The molecule has 0 spiro atoms. The second-order valence-corrected chi connectivity index (χ2v) is 6.87. The number of thioether (sulfide) groups is 1. The number of carbonyl (C=O) groups excluding carboxylic acids is 2. The van der Waals surface area contributed by atoms with E-state index < -0.39 is 80.9 Å². The van der Waals surface area contributed by atoms with E-state index in [9.17, 15) is 62.3 Å². The van der Waals surface area contributed by atoms with Crippen LogP contribution >= 0.6 is 11.8 Å². The Morgan fingerprint density at radius 3 is 1.82 bits per heavy atom. The first kappa shape index (κ1) is 26.3. The minimum Gasteiger partial charge on any atom is -0.286 e. The Kier molecular flexibility index (Phi) is 6.75. The van der Waals surface area contributed by atoms with Crippen LogP contribution in [0.2, 0.25) is 0 Å². The van der Waals surface area contributed by atoms with Gasteiger partial charge in [0.2, 0.25) is 5.83 Å².